The molecule has 0 atom stereocenters. The van der Waals surface area contributed by atoms with Gasteiger partial charge in [0, 0.05) is 38.1 Å². The third-order valence-electron chi connectivity index (χ3n) is 4.86. The van der Waals surface area contributed by atoms with Gasteiger partial charge in [0.15, 0.2) is 0 Å². The van der Waals surface area contributed by atoms with Gasteiger partial charge < -0.3 is 15.1 Å². The van der Waals surface area contributed by atoms with Gasteiger partial charge in [-0.25, -0.2) is 0 Å². The molecular formula is C17H25N3O. The Hall–Kier alpha value is -1.55. The van der Waals surface area contributed by atoms with Crippen LogP contribution in [0, 0.1) is 0 Å². The Kier molecular flexibility index (Phi) is 4.15. The minimum Gasteiger partial charge on any atom is -0.374 e. The highest BCUT2D eigenvalue weighted by atomic mass is 16.2. The van der Waals surface area contributed by atoms with E-state index in [0.29, 0.717) is 12.6 Å². The van der Waals surface area contributed by atoms with Crippen molar-refractivity contribution >= 4 is 17.3 Å². The van der Waals surface area contributed by atoms with Crippen LogP contribution < -0.4 is 15.1 Å². The van der Waals surface area contributed by atoms with Crippen LogP contribution in [0.4, 0.5) is 11.4 Å². The van der Waals surface area contributed by atoms with Crippen LogP contribution in [-0.4, -0.2) is 39.1 Å². The SMILES string of the molecule is CN1CCc2ccc(N(C)C(=O)CNC3CCCC3)cc21. The minimum absolute atomic E-state index is 0.141. The van der Waals surface area contributed by atoms with E-state index in [1.165, 1.54) is 36.9 Å². The van der Waals surface area contributed by atoms with Gasteiger partial charge in [-0.15, -0.1) is 0 Å². The Morgan fingerprint density at radius 1 is 1.38 bits per heavy atom. The molecule has 1 aliphatic heterocycles. The molecule has 4 nitrogen and oxygen atoms in total. The monoisotopic (exact) mass is 287 g/mol. The zero-order valence-electron chi connectivity index (χ0n) is 13.1. The van der Waals surface area contributed by atoms with Crippen molar-refractivity contribution in [2.75, 3.05) is 37.0 Å². The number of rotatable bonds is 4. The van der Waals surface area contributed by atoms with Gasteiger partial charge in [0.2, 0.25) is 5.91 Å². The highest BCUT2D eigenvalue weighted by Crippen LogP contribution is 2.30. The zero-order chi connectivity index (χ0) is 14.8. The average Bonchev–Trinajstić information content (AvgIpc) is 3.14. The van der Waals surface area contributed by atoms with Crippen LogP contribution >= 0.6 is 0 Å². The highest BCUT2D eigenvalue weighted by molar-refractivity contribution is 5.95. The van der Waals surface area contributed by atoms with Crippen LogP contribution in [0.5, 0.6) is 0 Å². The summed E-state index contributed by atoms with van der Waals surface area (Å²) < 4.78 is 0. The molecule has 4 heteroatoms. The molecule has 0 aromatic heterocycles. The molecule has 1 aromatic rings. The fourth-order valence-electron chi connectivity index (χ4n) is 3.36. The van der Waals surface area contributed by atoms with Crippen molar-refractivity contribution in [3.63, 3.8) is 0 Å². The molecule has 1 saturated carbocycles. The summed E-state index contributed by atoms with van der Waals surface area (Å²) in [5.74, 6) is 0.141. The third kappa shape index (κ3) is 3.05. The van der Waals surface area contributed by atoms with Gasteiger partial charge in [0.1, 0.15) is 0 Å². The zero-order valence-corrected chi connectivity index (χ0v) is 13.1. The molecule has 2 aliphatic rings. The van der Waals surface area contributed by atoms with E-state index in [9.17, 15) is 4.79 Å². The molecule has 1 heterocycles. The summed E-state index contributed by atoms with van der Waals surface area (Å²) in [5.41, 5.74) is 3.63. The number of carbonyl (C=O) groups excluding carboxylic acids is 1. The van der Waals surface area contributed by atoms with Gasteiger partial charge in [-0.2, -0.15) is 0 Å². The molecule has 1 aliphatic carbocycles. The van der Waals surface area contributed by atoms with Crippen LogP contribution in [0.1, 0.15) is 31.2 Å². The molecule has 1 aromatic carbocycles. The second kappa shape index (κ2) is 6.06. The normalized spacial score (nSPS) is 18.1. The first-order valence-corrected chi connectivity index (χ1v) is 7.99. The van der Waals surface area contributed by atoms with Crippen molar-refractivity contribution in [2.45, 2.75) is 38.1 Å². The fourth-order valence-corrected chi connectivity index (χ4v) is 3.36. The first kappa shape index (κ1) is 14.4. The average molecular weight is 287 g/mol. The number of benzene rings is 1. The van der Waals surface area contributed by atoms with E-state index in [1.807, 2.05) is 7.05 Å². The Balaban J connectivity index is 1.62. The Labute approximate surface area is 127 Å². The topological polar surface area (TPSA) is 35.6 Å². The van der Waals surface area contributed by atoms with Crippen molar-refractivity contribution in [1.82, 2.24) is 5.32 Å². The van der Waals surface area contributed by atoms with Crippen LogP contribution in [-0.2, 0) is 11.2 Å². The summed E-state index contributed by atoms with van der Waals surface area (Å²) >= 11 is 0. The molecule has 21 heavy (non-hydrogen) atoms. The quantitative estimate of drug-likeness (QED) is 0.922. The van der Waals surface area contributed by atoms with Crippen molar-refractivity contribution < 1.29 is 4.79 Å². The van der Waals surface area contributed by atoms with E-state index < -0.39 is 0 Å². The molecule has 1 N–H and O–H groups in total. The van der Waals surface area contributed by atoms with Crippen molar-refractivity contribution in [3.05, 3.63) is 23.8 Å². The van der Waals surface area contributed by atoms with E-state index >= 15 is 0 Å². The molecular weight excluding hydrogens is 262 g/mol. The number of hydrogen-bond donors (Lipinski definition) is 1. The lowest BCUT2D eigenvalue weighted by Gasteiger charge is -2.21. The maximum atomic E-state index is 12.3. The Bertz CT molecular complexity index is 523. The molecule has 0 saturated heterocycles. The molecule has 0 bridgehead atoms. The van der Waals surface area contributed by atoms with Gasteiger partial charge in [0.25, 0.3) is 0 Å². The third-order valence-corrected chi connectivity index (χ3v) is 4.86. The van der Waals surface area contributed by atoms with E-state index in [4.69, 9.17) is 0 Å². The van der Waals surface area contributed by atoms with Crippen molar-refractivity contribution in [2.24, 2.45) is 0 Å². The molecule has 3 rings (SSSR count). The van der Waals surface area contributed by atoms with Gasteiger partial charge in [-0.3, -0.25) is 4.79 Å². The number of hydrogen-bond acceptors (Lipinski definition) is 3. The first-order chi connectivity index (χ1) is 10.1. The van der Waals surface area contributed by atoms with E-state index in [0.717, 1.165) is 18.7 Å². The van der Waals surface area contributed by atoms with Gasteiger partial charge in [-0.05, 0) is 37.0 Å². The van der Waals surface area contributed by atoms with Gasteiger partial charge in [0.05, 0.1) is 6.54 Å². The molecule has 114 valence electrons. The second-order valence-corrected chi connectivity index (χ2v) is 6.30. The molecule has 1 amide bonds. The summed E-state index contributed by atoms with van der Waals surface area (Å²) in [4.78, 5) is 16.4. The molecule has 1 fully saturated rings. The van der Waals surface area contributed by atoms with Crippen LogP contribution in [0.2, 0.25) is 0 Å². The number of likely N-dealkylation sites (N-methyl/N-ethyl adjacent to an activating group) is 2. The summed E-state index contributed by atoms with van der Waals surface area (Å²) in [6.45, 7) is 1.51. The standard InChI is InChI=1S/C17H25N3O/c1-19-10-9-13-7-8-15(11-16(13)19)20(2)17(21)12-18-14-5-3-4-6-14/h7-8,11,14,18H,3-6,9-10,12H2,1-2H3. The Morgan fingerprint density at radius 2 is 2.14 bits per heavy atom. The Morgan fingerprint density at radius 3 is 2.90 bits per heavy atom. The summed E-state index contributed by atoms with van der Waals surface area (Å²) in [7, 11) is 3.98. The minimum atomic E-state index is 0.141. The van der Waals surface area contributed by atoms with Crippen molar-refractivity contribution in [3.8, 4) is 0 Å². The predicted octanol–water partition coefficient (Wildman–Crippen LogP) is 2.17. The number of nitrogens with one attached hydrogen (secondary N) is 1. The first-order valence-electron chi connectivity index (χ1n) is 7.99. The van der Waals surface area contributed by atoms with E-state index in [-0.39, 0.29) is 5.91 Å². The maximum Gasteiger partial charge on any atom is 0.240 e. The van der Waals surface area contributed by atoms with Crippen molar-refractivity contribution in [1.29, 1.82) is 0 Å². The number of anilines is 2. The maximum absolute atomic E-state index is 12.3. The summed E-state index contributed by atoms with van der Waals surface area (Å²) in [6.07, 6.45) is 6.10. The summed E-state index contributed by atoms with van der Waals surface area (Å²) in [5, 5.41) is 3.39. The molecule has 0 spiro atoms. The largest absolute Gasteiger partial charge is 0.374 e. The fraction of sp³-hybridized carbons (Fsp3) is 0.588. The number of nitrogens with zero attached hydrogens (tertiary/aromatic N) is 2. The number of fused-ring (bicyclic) bond motifs is 1. The van der Waals surface area contributed by atoms with Crippen LogP contribution in [0.25, 0.3) is 0 Å². The van der Waals surface area contributed by atoms with Crippen LogP contribution in [0.15, 0.2) is 18.2 Å². The lowest BCUT2D eigenvalue weighted by molar-refractivity contribution is -0.117. The van der Waals surface area contributed by atoms with Gasteiger partial charge in [-0.1, -0.05) is 18.9 Å². The number of amides is 1. The smallest absolute Gasteiger partial charge is 0.240 e. The lowest BCUT2D eigenvalue weighted by atomic mass is 10.1. The highest BCUT2D eigenvalue weighted by Gasteiger charge is 2.20. The number of carbonyl (C=O) groups is 1. The lowest BCUT2D eigenvalue weighted by Crippen LogP contribution is -2.39. The van der Waals surface area contributed by atoms with Gasteiger partial charge >= 0.3 is 0 Å². The summed E-state index contributed by atoms with van der Waals surface area (Å²) in [6, 6.07) is 6.89. The van der Waals surface area contributed by atoms with E-state index in [2.05, 4.69) is 35.5 Å². The molecule has 0 radical (unpaired) electrons. The predicted molar refractivity (Wildman–Crippen MR) is 87.1 cm³/mol. The van der Waals surface area contributed by atoms with Crippen LogP contribution in [0.3, 0.4) is 0 Å². The molecule has 0 unspecified atom stereocenters. The second-order valence-electron chi connectivity index (χ2n) is 6.30. The van der Waals surface area contributed by atoms with E-state index in [1.54, 1.807) is 4.90 Å².